The standard InChI is InChI=1S/C24H25ClF3N3O2/c1-5-16(17-9-10-19(25)14(2)22(17)33-4)11-23(32,24(26,27)28)13-30-20-7-6-8-21-18(20)12-29-15(3)31-21/h6-10,12-13,16,32H,5,11H2,1-4H3. The summed E-state index contributed by atoms with van der Waals surface area (Å²) < 4.78 is 47.7. The molecule has 0 aliphatic carbocycles. The second-order valence-corrected chi connectivity index (χ2v) is 8.32. The van der Waals surface area contributed by atoms with Crippen LogP contribution in [0.25, 0.3) is 10.9 Å². The van der Waals surface area contributed by atoms with Crippen LogP contribution in [-0.4, -0.2) is 40.2 Å². The first-order valence-electron chi connectivity index (χ1n) is 10.4. The maximum atomic E-state index is 14.1. The molecule has 0 radical (unpaired) electrons. The second kappa shape index (κ2) is 9.65. The van der Waals surface area contributed by atoms with Gasteiger partial charge in [-0.25, -0.2) is 9.97 Å². The van der Waals surface area contributed by atoms with E-state index in [4.69, 9.17) is 16.3 Å². The van der Waals surface area contributed by atoms with E-state index in [-0.39, 0.29) is 5.69 Å². The number of fused-ring (bicyclic) bond motifs is 1. The van der Waals surface area contributed by atoms with Crippen LogP contribution in [0.3, 0.4) is 0 Å². The molecule has 0 aliphatic rings. The number of hydrogen-bond acceptors (Lipinski definition) is 5. The van der Waals surface area contributed by atoms with Gasteiger partial charge in [-0.15, -0.1) is 0 Å². The zero-order chi connectivity index (χ0) is 24.4. The molecule has 1 aromatic heterocycles. The minimum atomic E-state index is -4.95. The fraction of sp³-hybridized carbons (Fsp3) is 0.375. The van der Waals surface area contributed by atoms with Gasteiger partial charge in [-0.3, -0.25) is 4.99 Å². The fourth-order valence-electron chi connectivity index (χ4n) is 3.79. The van der Waals surface area contributed by atoms with E-state index >= 15 is 0 Å². The monoisotopic (exact) mass is 479 g/mol. The molecule has 0 saturated carbocycles. The molecule has 3 rings (SSSR count). The highest BCUT2D eigenvalue weighted by Gasteiger charge is 2.53. The van der Waals surface area contributed by atoms with Gasteiger partial charge in [0.15, 0.2) is 5.60 Å². The zero-order valence-corrected chi connectivity index (χ0v) is 19.5. The van der Waals surface area contributed by atoms with Crippen molar-refractivity contribution in [3.05, 3.63) is 58.5 Å². The van der Waals surface area contributed by atoms with Gasteiger partial charge in [-0.1, -0.05) is 30.7 Å². The van der Waals surface area contributed by atoms with E-state index in [1.54, 1.807) is 51.1 Å². The van der Waals surface area contributed by atoms with Crippen molar-refractivity contribution < 1.29 is 23.0 Å². The summed E-state index contributed by atoms with van der Waals surface area (Å²) in [5.74, 6) is 0.290. The highest BCUT2D eigenvalue weighted by molar-refractivity contribution is 6.31. The predicted octanol–water partition coefficient (Wildman–Crippen LogP) is 6.49. The van der Waals surface area contributed by atoms with E-state index in [1.807, 2.05) is 0 Å². The van der Waals surface area contributed by atoms with Crippen molar-refractivity contribution in [1.82, 2.24) is 9.97 Å². The third-order valence-electron chi connectivity index (χ3n) is 5.70. The largest absolute Gasteiger partial charge is 0.496 e. The summed E-state index contributed by atoms with van der Waals surface area (Å²) in [5.41, 5.74) is -1.19. The maximum absolute atomic E-state index is 14.1. The summed E-state index contributed by atoms with van der Waals surface area (Å²) in [5, 5.41) is 11.7. The number of halogens is 4. The van der Waals surface area contributed by atoms with Crippen LogP contribution in [0.4, 0.5) is 18.9 Å². The van der Waals surface area contributed by atoms with Gasteiger partial charge in [-0.2, -0.15) is 13.2 Å². The van der Waals surface area contributed by atoms with Gasteiger partial charge in [-0.05, 0) is 56.4 Å². The number of methoxy groups -OCH3 is 1. The predicted molar refractivity (Wildman–Crippen MR) is 124 cm³/mol. The first kappa shape index (κ1) is 24.9. The highest BCUT2D eigenvalue weighted by atomic mass is 35.5. The van der Waals surface area contributed by atoms with Gasteiger partial charge in [0.05, 0.1) is 18.3 Å². The molecule has 5 nitrogen and oxygen atoms in total. The van der Waals surface area contributed by atoms with Crippen molar-refractivity contribution in [3.63, 3.8) is 0 Å². The Bertz CT molecular complexity index is 1180. The number of benzene rings is 2. The molecule has 0 spiro atoms. The molecule has 1 N–H and O–H groups in total. The molecule has 33 heavy (non-hydrogen) atoms. The molecule has 0 saturated heterocycles. The Morgan fingerprint density at radius 2 is 1.94 bits per heavy atom. The molecule has 0 amide bonds. The lowest BCUT2D eigenvalue weighted by Gasteiger charge is -2.31. The lowest BCUT2D eigenvalue weighted by molar-refractivity contribution is -0.232. The van der Waals surface area contributed by atoms with E-state index in [9.17, 15) is 18.3 Å². The van der Waals surface area contributed by atoms with Gasteiger partial charge < -0.3 is 9.84 Å². The molecule has 2 unspecified atom stereocenters. The number of aliphatic hydroxyl groups is 1. The number of alkyl halides is 3. The van der Waals surface area contributed by atoms with Crippen molar-refractivity contribution in [3.8, 4) is 5.75 Å². The molecule has 0 fully saturated rings. The summed E-state index contributed by atoms with van der Waals surface area (Å²) in [6, 6.07) is 8.18. The second-order valence-electron chi connectivity index (χ2n) is 7.91. The number of aliphatic imine (C=N–C) groups is 1. The Labute approximate surface area is 195 Å². The Hall–Kier alpha value is -2.71. The summed E-state index contributed by atoms with van der Waals surface area (Å²) >= 11 is 6.15. The van der Waals surface area contributed by atoms with E-state index in [2.05, 4.69) is 15.0 Å². The number of aromatic nitrogens is 2. The van der Waals surface area contributed by atoms with E-state index < -0.39 is 24.1 Å². The quantitative estimate of drug-likeness (QED) is 0.393. The summed E-state index contributed by atoms with van der Waals surface area (Å²) in [6.45, 7) is 5.21. The third-order valence-corrected chi connectivity index (χ3v) is 6.10. The maximum Gasteiger partial charge on any atom is 0.422 e. The van der Waals surface area contributed by atoms with Crippen LogP contribution in [-0.2, 0) is 0 Å². The smallest absolute Gasteiger partial charge is 0.422 e. The molecule has 0 bridgehead atoms. The van der Waals surface area contributed by atoms with E-state index in [1.165, 1.54) is 13.3 Å². The van der Waals surface area contributed by atoms with Gasteiger partial charge in [0.25, 0.3) is 0 Å². The first-order chi connectivity index (χ1) is 15.5. The van der Waals surface area contributed by atoms with Crippen LogP contribution >= 0.6 is 11.6 Å². The number of hydrogen-bond donors (Lipinski definition) is 1. The van der Waals surface area contributed by atoms with Crippen LogP contribution in [0.15, 0.2) is 41.5 Å². The summed E-state index contributed by atoms with van der Waals surface area (Å²) in [7, 11) is 1.44. The molecule has 2 atom stereocenters. The first-order valence-corrected chi connectivity index (χ1v) is 10.8. The van der Waals surface area contributed by atoms with Crippen molar-refractivity contribution in [2.75, 3.05) is 7.11 Å². The van der Waals surface area contributed by atoms with Gasteiger partial charge >= 0.3 is 6.18 Å². The highest BCUT2D eigenvalue weighted by Crippen LogP contribution is 2.43. The van der Waals surface area contributed by atoms with Crippen LogP contribution < -0.4 is 4.74 Å². The number of rotatable bonds is 7. The van der Waals surface area contributed by atoms with Crippen molar-refractivity contribution in [1.29, 1.82) is 0 Å². The number of aryl methyl sites for hydroxylation is 1. The molecule has 1 heterocycles. The van der Waals surface area contributed by atoms with Crippen molar-refractivity contribution >= 4 is 34.4 Å². The lowest BCUT2D eigenvalue weighted by atomic mass is 9.83. The van der Waals surface area contributed by atoms with Gasteiger partial charge in [0.2, 0.25) is 0 Å². The fourth-order valence-corrected chi connectivity index (χ4v) is 3.94. The van der Waals surface area contributed by atoms with Crippen molar-refractivity contribution in [2.45, 2.75) is 51.3 Å². The lowest BCUT2D eigenvalue weighted by Crippen LogP contribution is -2.47. The average molecular weight is 480 g/mol. The number of ether oxygens (including phenoxy) is 1. The van der Waals surface area contributed by atoms with Crippen LogP contribution in [0.5, 0.6) is 5.75 Å². The molecular formula is C24H25ClF3N3O2. The summed E-state index contributed by atoms with van der Waals surface area (Å²) in [6.07, 6.45) is -3.16. The zero-order valence-electron chi connectivity index (χ0n) is 18.7. The van der Waals surface area contributed by atoms with E-state index in [0.717, 1.165) is 0 Å². The van der Waals surface area contributed by atoms with E-state index in [0.29, 0.717) is 51.3 Å². The third kappa shape index (κ3) is 5.12. The number of nitrogens with zero attached hydrogens (tertiary/aromatic N) is 3. The molecular weight excluding hydrogens is 455 g/mol. The van der Waals surface area contributed by atoms with Crippen LogP contribution in [0.2, 0.25) is 5.02 Å². The Balaban J connectivity index is 2.03. The average Bonchev–Trinajstić information content (AvgIpc) is 2.76. The van der Waals surface area contributed by atoms with Crippen LogP contribution in [0, 0.1) is 13.8 Å². The normalized spacial score (nSPS) is 15.1. The van der Waals surface area contributed by atoms with Crippen molar-refractivity contribution in [2.24, 2.45) is 4.99 Å². The van der Waals surface area contributed by atoms with Gasteiger partial charge in [0.1, 0.15) is 11.6 Å². The van der Waals surface area contributed by atoms with Crippen LogP contribution in [0.1, 0.15) is 42.6 Å². The minimum absolute atomic E-state index is 0.239. The minimum Gasteiger partial charge on any atom is -0.496 e. The topological polar surface area (TPSA) is 67.6 Å². The molecule has 3 aromatic rings. The molecule has 9 heteroatoms. The SMILES string of the molecule is CCC(CC(O)(C=Nc1cccc2nc(C)ncc12)C(F)(F)F)c1ccc(Cl)c(C)c1OC. The summed E-state index contributed by atoms with van der Waals surface area (Å²) in [4.78, 5) is 12.4. The molecule has 176 valence electrons. The molecule has 0 aliphatic heterocycles. The Morgan fingerprint density at radius 3 is 2.58 bits per heavy atom. The Morgan fingerprint density at radius 1 is 1.21 bits per heavy atom. The van der Waals surface area contributed by atoms with Gasteiger partial charge in [0, 0.05) is 28.4 Å². The molecule has 2 aromatic carbocycles. The Kier molecular flexibility index (Phi) is 7.29.